The van der Waals surface area contributed by atoms with Crippen LogP contribution in [-0.2, 0) is 27.4 Å². The van der Waals surface area contributed by atoms with Crippen LogP contribution in [0.2, 0.25) is 0 Å². The van der Waals surface area contributed by atoms with E-state index in [1.807, 2.05) is 55.5 Å². The molecule has 6 heteroatoms. The van der Waals surface area contributed by atoms with E-state index in [0.29, 0.717) is 24.3 Å². The molecule has 0 unspecified atom stereocenters. The molecule has 28 heavy (non-hydrogen) atoms. The number of rotatable bonds is 8. The number of hydrogen-bond acceptors (Lipinski definition) is 5. The maximum Gasteiger partial charge on any atom is 0.375 e. The molecule has 0 saturated heterocycles. The van der Waals surface area contributed by atoms with Gasteiger partial charge in [0.15, 0.2) is 6.61 Å². The summed E-state index contributed by atoms with van der Waals surface area (Å²) in [7, 11) is 1.67. The molecule has 0 spiro atoms. The Morgan fingerprint density at radius 1 is 1.04 bits per heavy atom. The van der Waals surface area contributed by atoms with Gasteiger partial charge in [-0.2, -0.15) is 0 Å². The van der Waals surface area contributed by atoms with E-state index < -0.39 is 5.97 Å². The summed E-state index contributed by atoms with van der Waals surface area (Å²) >= 11 is 0. The summed E-state index contributed by atoms with van der Waals surface area (Å²) in [6.45, 7) is 2.71. The molecule has 0 aliphatic rings. The van der Waals surface area contributed by atoms with Gasteiger partial charge in [0.1, 0.15) is 5.58 Å². The van der Waals surface area contributed by atoms with E-state index in [2.05, 4.69) is 0 Å². The van der Waals surface area contributed by atoms with Crippen LogP contribution in [0.1, 0.15) is 28.6 Å². The zero-order chi connectivity index (χ0) is 19.9. The Kier molecular flexibility index (Phi) is 6.45. The summed E-state index contributed by atoms with van der Waals surface area (Å²) in [5.41, 5.74) is 2.21. The van der Waals surface area contributed by atoms with Crippen molar-refractivity contribution in [1.82, 2.24) is 4.90 Å². The summed E-state index contributed by atoms with van der Waals surface area (Å²) in [5.74, 6) is -0.889. The number of fused-ring (bicyclic) bond motifs is 1. The number of esters is 1. The minimum atomic E-state index is -0.674. The summed E-state index contributed by atoms with van der Waals surface area (Å²) in [5, 5.41) is 0.801. The van der Waals surface area contributed by atoms with Gasteiger partial charge >= 0.3 is 5.97 Å². The second kappa shape index (κ2) is 9.19. The predicted molar refractivity (Wildman–Crippen MR) is 105 cm³/mol. The number of ether oxygens (including phenoxy) is 2. The fourth-order valence-corrected chi connectivity index (χ4v) is 2.86. The van der Waals surface area contributed by atoms with E-state index in [4.69, 9.17) is 13.9 Å². The Hall–Kier alpha value is -3.12. The van der Waals surface area contributed by atoms with Crippen LogP contribution in [0.3, 0.4) is 0 Å². The molecule has 1 aromatic heterocycles. The van der Waals surface area contributed by atoms with Gasteiger partial charge in [-0.25, -0.2) is 4.79 Å². The molecule has 6 nitrogen and oxygen atoms in total. The van der Waals surface area contributed by atoms with E-state index in [0.717, 1.165) is 10.9 Å². The average molecular weight is 381 g/mol. The number of benzene rings is 2. The molecule has 0 radical (unpaired) electrons. The third kappa shape index (κ3) is 4.58. The normalized spacial score (nSPS) is 10.8. The topological polar surface area (TPSA) is 69.0 Å². The predicted octanol–water partition coefficient (Wildman–Crippen LogP) is 3.78. The van der Waals surface area contributed by atoms with Crippen LogP contribution in [0.15, 0.2) is 59.0 Å². The van der Waals surface area contributed by atoms with Crippen LogP contribution in [-0.4, -0.2) is 37.0 Å². The quantitative estimate of drug-likeness (QED) is 0.556. The van der Waals surface area contributed by atoms with E-state index in [1.165, 1.54) is 4.90 Å². The smallest absolute Gasteiger partial charge is 0.375 e. The zero-order valence-corrected chi connectivity index (χ0v) is 16.0. The molecule has 1 heterocycles. The largest absolute Gasteiger partial charge is 0.450 e. The Morgan fingerprint density at radius 3 is 2.50 bits per heavy atom. The monoisotopic (exact) mass is 381 g/mol. The van der Waals surface area contributed by atoms with Crippen molar-refractivity contribution in [2.24, 2.45) is 0 Å². The van der Waals surface area contributed by atoms with Crippen molar-refractivity contribution >= 4 is 22.8 Å². The molecular formula is C22H23NO5. The summed E-state index contributed by atoms with van der Waals surface area (Å²) in [6.07, 6.45) is 0. The first-order valence-electron chi connectivity index (χ1n) is 9.13. The van der Waals surface area contributed by atoms with Crippen LogP contribution in [0.25, 0.3) is 11.0 Å². The number of carbonyl (C=O) groups excluding carboxylic acids is 2. The first kappa shape index (κ1) is 19.6. The van der Waals surface area contributed by atoms with Gasteiger partial charge in [0.2, 0.25) is 5.76 Å². The van der Waals surface area contributed by atoms with Crippen LogP contribution < -0.4 is 0 Å². The molecule has 0 N–H and O–H groups in total. The molecule has 3 rings (SSSR count). The summed E-state index contributed by atoms with van der Waals surface area (Å²) in [6, 6.07) is 16.9. The molecule has 0 aliphatic carbocycles. The third-order valence-corrected chi connectivity index (χ3v) is 4.35. The summed E-state index contributed by atoms with van der Waals surface area (Å²) in [4.78, 5) is 26.4. The van der Waals surface area contributed by atoms with Crippen LogP contribution in [0.5, 0.6) is 0 Å². The van der Waals surface area contributed by atoms with Crippen molar-refractivity contribution in [3.63, 3.8) is 0 Å². The highest BCUT2D eigenvalue weighted by Gasteiger charge is 2.23. The molecule has 146 valence electrons. The number of likely N-dealkylation sites (N-methyl/N-ethyl adjacent to an activating group) is 1. The molecule has 0 atom stereocenters. The van der Waals surface area contributed by atoms with Crippen molar-refractivity contribution in [2.75, 3.05) is 20.3 Å². The van der Waals surface area contributed by atoms with Gasteiger partial charge in [-0.15, -0.1) is 0 Å². The van der Waals surface area contributed by atoms with Gasteiger partial charge < -0.3 is 18.8 Å². The van der Waals surface area contributed by atoms with Crippen molar-refractivity contribution in [2.45, 2.75) is 20.1 Å². The van der Waals surface area contributed by atoms with Gasteiger partial charge in [-0.05, 0) is 18.6 Å². The maximum atomic E-state index is 12.5. The van der Waals surface area contributed by atoms with E-state index in [9.17, 15) is 9.59 Å². The highest BCUT2D eigenvalue weighted by atomic mass is 16.5. The van der Waals surface area contributed by atoms with E-state index >= 15 is 0 Å². The van der Waals surface area contributed by atoms with Gasteiger partial charge in [0, 0.05) is 31.1 Å². The van der Waals surface area contributed by atoms with E-state index in [-0.39, 0.29) is 24.9 Å². The maximum absolute atomic E-state index is 12.5. The third-order valence-electron chi connectivity index (χ3n) is 4.35. The number of hydrogen-bond donors (Lipinski definition) is 0. The fraction of sp³-hybridized carbons (Fsp3) is 0.273. The zero-order valence-electron chi connectivity index (χ0n) is 16.0. The Morgan fingerprint density at radius 2 is 1.75 bits per heavy atom. The highest BCUT2D eigenvalue weighted by Crippen LogP contribution is 2.27. The molecular weight excluding hydrogens is 358 g/mol. The SMILES string of the molecule is CCOCc1c(C(=O)OCC(=O)N(C)Cc2ccccc2)oc2ccccc12. The lowest BCUT2D eigenvalue weighted by Crippen LogP contribution is -2.30. The lowest BCUT2D eigenvalue weighted by molar-refractivity contribution is -0.133. The standard InChI is InChI=1S/C22H23NO5/c1-3-26-14-18-17-11-7-8-12-19(17)28-21(18)22(25)27-15-20(24)23(2)13-16-9-5-4-6-10-16/h4-12H,3,13-15H2,1-2H3. The minimum absolute atomic E-state index is 0.0770. The van der Waals surface area contributed by atoms with Crippen LogP contribution in [0, 0.1) is 0 Å². The lowest BCUT2D eigenvalue weighted by atomic mass is 10.1. The fourth-order valence-electron chi connectivity index (χ4n) is 2.86. The number of amides is 1. The molecule has 0 bridgehead atoms. The van der Waals surface area contributed by atoms with Crippen LogP contribution >= 0.6 is 0 Å². The number of para-hydroxylation sites is 1. The molecule has 0 aliphatic heterocycles. The Labute approximate surface area is 163 Å². The van der Waals surface area contributed by atoms with Gasteiger partial charge in [-0.1, -0.05) is 48.5 Å². The second-order valence-corrected chi connectivity index (χ2v) is 6.35. The first-order chi connectivity index (χ1) is 13.6. The highest BCUT2D eigenvalue weighted by molar-refractivity contribution is 5.96. The molecule has 0 saturated carbocycles. The van der Waals surface area contributed by atoms with Crippen molar-refractivity contribution in [1.29, 1.82) is 0 Å². The van der Waals surface area contributed by atoms with Gasteiger partial charge in [-0.3, -0.25) is 4.79 Å². The van der Waals surface area contributed by atoms with Crippen molar-refractivity contribution < 1.29 is 23.5 Å². The second-order valence-electron chi connectivity index (χ2n) is 6.35. The number of furan rings is 1. The van der Waals surface area contributed by atoms with Gasteiger partial charge in [0.25, 0.3) is 5.91 Å². The summed E-state index contributed by atoms with van der Waals surface area (Å²) < 4.78 is 16.4. The van der Waals surface area contributed by atoms with Crippen molar-refractivity contribution in [3.8, 4) is 0 Å². The van der Waals surface area contributed by atoms with Crippen LogP contribution in [0.4, 0.5) is 0 Å². The van der Waals surface area contributed by atoms with Crippen molar-refractivity contribution in [3.05, 3.63) is 71.5 Å². The average Bonchev–Trinajstić information content (AvgIpc) is 3.09. The Balaban J connectivity index is 1.66. The lowest BCUT2D eigenvalue weighted by Gasteiger charge is -2.17. The first-order valence-corrected chi connectivity index (χ1v) is 9.13. The molecule has 2 aromatic carbocycles. The minimum Gasteiger partial charge on any atom is -0.450 e. The number of carbonyl (C=O) groups is 2. The molecule has 3 aromatic rings. The van der Waals surface area contributed by atoms with E-state index in [1.54, 1.807) is 13.1 Å². The molecule has 0 fully saturated rings. The number of nitrogens with zero attached hydrogens (tertiary/aromatic N) is 1. The Bertz CT molecular complexity index is 948. The molecule has 1 amide bonds. The van der Waals surface area contributed by atoms with Gasteiger partial charge in [0.05, 0.1) is 6.61 Å².